The first-order valence-electron chi connectivity index (χ1n) is 11.3. The standard InChI is InChI=1S/C27H28N2O5S/c1-3-33-27(30)16-22-8-4-5-10-26(22)34-18-20-14-24(21-9-6-7-19(13-21)17-28)23-11-12-29(25(23)15-20)35(2,31)32/h4-15H,3,16-18,28H2,1-2H3. The van der Waals surface area contributed by atoms with Gasteiger partial charge in [0, 0.05) is 23.7 Å². The molecular formula is C27H28N2O5S. The Morgan fingerprint density at radius 3 is 2.54 bits per heavy atom. The van der Waals surface area contributed by atoms with E-state index < -0.39 is 10.0 Å². The zero-order valence-corrected chi connectivity index (χ0v) is 20.5. The van der Waals surface area contributed by atoms with Gasteiger partial charge in [-0.2, -0.15) is 0 Å². The van der Waals surface area contributed by atoms with E-state index in [0.29, 0.717) is 24.4 Å². The van der Waals surface area contributed by atoms with Gasteiger partial charge in [0.1, 0.15) is 12.4 Å². The molecule has 0 saturated carbocycles. The topological polar surface area (TPSA) is 101 Å². The van der Waals surface area contributed by atoms with Crippen molar-refractivity contribution in [2.75, 3.05) is 12.9 Å². The SMILES string of the molecule is CCOC(=O)Cc1ccccc1OCc1cc(-c2cccc(CN)c2)c2ccn(S(C)(=O)=O)c2c1. The maximum atomic E-state index is 12.4. The summed E-state index contributed by atoms with van der Waals surface area (Å²) in [5, 5.41) is 0.816. The molecule has 0 spiro atoms. The average Bonchev–Trinajstić information content (AvgIpc) is 3.28. The van der Waals surface area contributed by atoms with Crippen molar-refractivity contribution in [3.63, 3.8) is 0 Å². The van der Waals surface area contributed by atoms with E-state index >= 15 is 0 Å². The molecule has 0 aliphatic rings. The van der Waals surface area contributed by atoms with E-state index in [-0.39, 0.29) is 19.0 Å². The van der Waals surface area contributed by atoms with Gasteiger partial charge < -0.3 is 15.2 Å². The van der Waals surface area contributed by atoms with Crippen molar-refractivity contribution < 1.29 is 22.7 Å². The van der Waals surface area contributed by atoms with Crippen molar-refractivity contribution >= 4 is 26.9 Å². The predicted molar refractivity (Wildman–Crippen MR) is 137 cm³/mol. The van der Waals surface area contributed by atoms with Crippen molar-refractivity contribution in [1.82, 2.24) is 3.97 Å². The Kier molecular flexibility index (Phi) is 7.23. The lowest BCUT2D eigenvalue weighted by molar-refractivity contribution is -0.142. The number of nitrogens with two attached hydrogens (primary N) is 1. The number of carbonyl (C=O) groups excluding carboxylic acids is 1. The molecule has 35 heavy (non-hydrogen) atoms. The number of hydrogen-bond acceptors (Lipinski definition) is 6. The number of esters is 1. The van der Waals surface area contributed by atoms with Crippen LogP contribution in [0.15, 0.2) is 72.9 Å². The average molecular weight is 493 g/mol. The summed E-state index contributed by atoms with van der Waals surface area (Å²) >= 11 is 0. The monoisotopic (exact) mass is 492 g/mol. The molecule has 3 aromatic carbocycles. The third kappa shape index (κ3) is 5.55. The van der Waals surface area contributed by atoms with E-state index in [0.717, 1.165) is 33.2 Å². The smallest absolute Gasteiger partial charge is 0.310 e. The van der Waals surface area contributed by atoms with Crippen molar-refractivity contribution in [2.45, 2.75) is 26.5 Å². The van der Waals surface area contributed by atoms with E-state index in [4.69, 9.17) is 15.2 Å². The lowest BCUT2D eigenvalue weighted by Gasteiger charge is -2.14. The fourth-order valence-electron chi connectivity index (χ4n) is 4.07. The van der Waals surface area contributed by atoms with Gasteiger partial charge in [-0.05, 0) is 59.5 Å². The van der Waals surface area contributed by atoms with Gasteiger partial charge in [-0.25, -0.2) is 12.4 Å². The van der Waals surface area contributed by atoms with Crippen molar-refractivity contribution in [3.05, 3.63) is 89.6 Å². The summed E-state index contributed by atoms with van der Waals surface area (Å²) < 4.78 is 37.3. The van der Waals surface area contributed by atoms with E-state index in [2.05, 4.69) is 0 Å². The van der Waals surface area contributed by atoms with Crippen LogP contribution < -0.4 is 10.5 Å². The molecule has 0 aliphatic carbocycles. The van der Waals surface area contributed by atoms with Gasteiger partial charge in [-0.1, -0.05) is 36.4 Å². The summed E-state index contributed by atoms with van der Waals surface area (Å²) in [5.41, 5.74) is 10.7. The minimum atomic E-state index is -3.50. The zero-order valence-electron chi connectivity index (χ0n) is 19.7. The van der Waals surface area contributed by atoms with Gasteiger partial charge >= 0.3 is 5.97 Å². The van der Waals surface area contributed by atoms with E-state index in [9.17, 15) is 13.2 Å². The molecule has 0 saturated heterocycles. The van der Waals surface area contributed by atoms with Crippen LogP contribution in [0.5, 0.6) is 5.75 Å². The Morgan fingerprint density at radius 2 is 1.80 bits per heavy atom. The molecule has 2 N–H and O–H groups in total. The molecule has 0 bridgehead atoms. The molecule has 4 rings (SSSR count). The lowest BCUT2D eigenvalue weighted by Crippen LogP contribution is -2.09. The largest absolute Gasteiger partial charge is 0.489 e. The summed E-state index contributed by atoms with van der Waals surface area (Å²) in [6.45, 7) is 2.68. The van der Waals surface area contributed by atoms with Crippen molar-refractivity contribution in [2.24, 2.45) is 5.73 Å². The molecule has 7 nitrogen and oxygen atoms in total. The minimum absolute atomic E-state index is 0.108. The Morgan fingerprint density at radius 1 is 1.00 bits per heavy atom. The van der Waals surface area contributed by atoms with Crippen LogP contribution >= 0.6 is 0 Å². The van der Waals surface area contributed by atoms with Crippen LogP contribution in [-0.2, 0) is 39.1 Å². The molecule has 0 unspecified atom stereocenters. The number of benzene rings is 3. The van der Waals surface area contributed by atoms with Crippen LogP contribution in [0.25, 0.3) is 22.0 Å². The van der Waals surface area contributed by atoms with Crippen LogP contribution in [0.3, 0.4) is 0 Å². The number of carbonyl (C=O) groups is 1. The van der Waals surface area contributed by atoms with Crippen LogP contribution in [0.4, 0.5) is 0 Å². The van der Waals surface area contributed by atoms with Crippen LogP contribution in [-0.4, -0.2) is 31.2 Å². The van der Waals surface area contributed by atoms with Gasteiger partial charge in [0.25, 0.3) is 0 Å². The fraction of sp³-hybridized carbons (Fsp3) is 0.222. The Labute approximate surface area is 205 Å². The quantitative estimate of drug-likeness (QED) is 0.351. The number of fused-ring (bicyclic) bond motifs is 1. The maximum absolute atomic E-state index is 12.4. The lowest BCUT2D eigenvalue weighted by atomic mass is 9.97. The summed E-state index contributed by atoms with van der Waals surface area (Å²) in [6, 6.07) is 20.8. The molecule has 1 heterocycles. The number of nitrogens with zero attached hydrogens (tertiary/aromatic N) is 1. The second kappa shape index (κ2) is 10.3. The Bertz CT molecular complexity index is 1470. The fourth-order valence-corrected chi connectivity index (χ4v) is 4.86. The molecule has 0 amide bonds. The number of aromatic nitrogens is 1. The predicted octanol–water partition coefficient (Wildman–Crippen LogP) is 4.26. The van der Waals surface area contributed by atoms with Gasteiger partial charge in [0.15, 0.2) is 0 Å². The molecular weight excluding hydrogens is 464 g/mol. The minimum Gasteiger partial charge on any atom is -0.489 e. The normalized spacial score (nSPS) is 11.5. The molecule has 0 aliphatic heterocycles. The third-order valence-corrected chi connectivity index (χ3v) is 6.70. The first-order valence-corrected chi connectivity index (χ1v) is 13.1. The second-order valence-corrected chi connectivity index (χ2v) is 10.1. The summed E-state index contributed by atoms with van der Waals surface area (Å²) in [6.07, 6.45) is 2.85. The summed E-state index contributed by atoms with van der Waals surface area (Å²) in [4.78, 5) is 12.0. The molecule has 0 fully saturated rings. The molecule has 0 radical (unpaired) electrons. The van der Waals surface area contributed by atoms with Crippen LogP contribution in [0, 0.1) is 0 Å². The van der Waals surface area contributed by atoms with E-state index in [1.54, 1.807) is 25.3 Å². The first-order chi connectivity index (χ1) is 16.8. The molecule has 1 aromatic heterocycles. The summed E-state index contributed by atoms with van der Waals surface area (Å²) in [7, 11) is -3.50. The number of para-hydroxylation sites is 1. The summed E-state index contributed by atoms with van der Waals surface area (Å²) in [5.74, 6) is 0.254. The number of ether oxygens (including phenoxy) is 2. The molecule has 4 aromatic rings. The van der Waals surface area contributed by atoms with E-state index in [1.807, 2.05) is 54.6 Å². The van der Waals surface area contributed by atoms with E-state index in [1.165, 1.54) is 10.2 Å². The third-order valence-electron chi connectivity index (χ3n) is 5.67. The molecule has 8 heteroatoms. The highest BCUT2D eigenvalue weighted by Crippen LogP contribution is 2.33. The maximum Gasteiger partial charge on any atom is 0.310 e. The molecule has 182 valence electrons. The highest BCUT2D eigenvalue weighted by atomic mass is 32.2. The van der Waals surface area contributed by atoms with Crippen LogP contribution in [0.2, 0.25) is 0 Å². The van der Waals surface area contributed by atoms with Crippen molar-refractivity contribution in [1.29, 1.82) is 0 Å². The zero-order chi connectivity index (χ0) is 25.0. The highest BCUT2D eigenvalue weighted by Gasteiger charge is 2.16. The van der Waals surface area contributed by atoms with Crippen LogP contribution in [0.1, 0.15) is 23.6 Å². The second-order valence-electron chi connectivity index (χ2n) is 8.23. The Balaban J connectivity index is 1.74. The van der Waals surface area contributed by atoms with Gasteiger partial charge in [-0.15, -0.1) is 0 Å². The number of rotatable bonds is 9. The Hall–Kier alpha value is -3.62. The van der Waals surface area contributed by atoms with Gasteiger partial charge in [-0.3, -0.25) is 4.79 Å². The van der Waals surface area contributed by atoms with Crippen molar-refractivity contribution in [3.8, 4) is 16.9 Å². The van der Waals surface area contributed by atoms with Gasteiger partial charge in [0.05, 0.1) is 24.8 Å². The first kappa shape index (κ1) is 24.5. The van der Waals surface area contributed by atoms with Gasteiger partial charge in [0.2, 0.25) is 10.0 Å². The molecule has 0 atom stereocenters. The highest BCUT2D eigenvalue weighted by molar-refractivity contribution is 7.89. The number of hydrogen-bond donors (Lipinski definition) is 1.